The summed E-state index contributed by atoms with van der Waals surface area (Å²) in [5, 5.41) is 0. The van der Waals surface area contributed by atoms with E-state index >= 15 is 0 Å². The summed E-state index contributed by atoms with van der Waals surface area (Å²) in [5.41, 5.74) is 0.879. The van der Waals surface area contributed by atoms with Gasteiger partial charge in [0.25, 0.3) is 0 Å². The zero-order valence-corrected chi connectivity index (χ0v) is 15.1. The van der Waals surface area contributed by atoms with E-state index in [2.05, 4.69) is 0 Å². The number of esters is 2. The lowest BCUT2D eigenvalue weighted by atomic mass is 9.82. The monoisotopic (exact) mass is 382 g/mol. The quantitative estimate of drug-likeness (QED) is 0.446. The van der Waals surface area contributed by atoms with Crippen LogP contribution in [0.15, 0.2) is 48.5 Å². The van der Waals surface area contributed by atoms with Gasteiger partial charge in [0.1, 0.15) is 17.9 Å². The number of cyclic esters (lactones) is 1. The van der Waals surface area contributed by atoms with Crippen LogP contribution in [0, 0.1) is 11.8 Å². The van der Waals surface area contributed by atoms with Crippen molar-refractivity contribution in [3.63, 3.8) is 0 Å². The number of benzene rings is 2. The molecule has 28 heavy (non-hydrogen) atoms. The van der Waals surface area contributed by atoms with Gasteiger partial charge in [0.05, 0.1) is 6.61 Å². The lowest BCUT2D eigenvalue weighted by molar-refractivity contribution is -0.150. The third-order valence-electron chi connectivity index (χ3n) is 4.81. The Labute approximate surface area is 161 Å². The number of rotatable bonds is 5. The molecule has 0 bridgehead atoms. The Kier molecular flexibility index (Phi) is 4.73. The van der Waals surface area contributed by atoms with Crippen molar-refractivity contribution in [3.05, 3.63) is 59.7 Å². The topological polar surface area (TPSA) is 88.1 Å². The summed E-state index contributed by atoms with van der Waals surface area (Å²) < 4.78 is 21.2. The van der Waals surface area contributed by atoms with Crippen LogP contribution in [-0.4, -0.2) is 31.1 Å². The molecule has 2 aromatic carbocycles. The maximum absolute atomic E-state index is 13.1. The largest absolute Gasteiger partial charge is 0.466 e. The molecule has 0 unspecified atom stereocenters. The Hall–Kier alpha value is -3.35. The van der Waals surface area contributed by atoms with Crippen molar-refractivity contribution in [1.29, 1.82) is 0 Å². The van der Waals surface area contributed by atoms with Crippen molar-refractivity contribution in [1.82, 2.24) is 0 Å². The number of fused-ring (bicyclic) bond motifs is 1. The molecule has 3 atom stereocenters. The van der Waals surface area contributed by atoms with E-state index in [0.717, 1.165) is 0 Å². The summed E-state index contributed by atoms with van der Waals surface area (Å²) in [6.07, 6.45) is -0.879. The van der Waals surface area contributed by atoms with Crippen LogP contribution in [0.1, 0.15) is 28.9 Å². The fourth-order valence-electron chi connectivity index (χ4n) is 3.51. The van der Waals surface area contributed by atoms with E-state index < -0.39 is 35.7 Å². The van der Waals surface area contributed by atoms with E-state index in [1.807, 2.05) is 6.07 Å². The molecule has 1 fully saturated rings. The maximum Gasteiger partial charge on any atom is 0.318 e. The number of carbonyl (C=O) groups is 3. The Morgan fingerprint density at radius 3 is 2.57 bits per heavy atom. The van der Waals surface area contributed by atoms with Gasteiger partial charge in [-0.25, -0.2) is 0 Å². The highest BCUT2D eigenvalue weighted by Gasteiger charge is 2.54. The second kappa shape index (κ2) is 7.34. The van der Waals surface area contributed by atoms with Crippen LogP contribution >= 0.6 is 0 Å². The van der Waals surface area contributed by atoms with Crippen LogP contribution < -0.4 is 9.47 Å². The highest BCUT2D eigenvalue weighted by molar-refractivity contribution is 6.12. The van der Waals surface area contributed by atoms with Gasteiger partial charge in [-0.15, -0.1) is 0 Å². The van der Waals surface area contributed by atoms with Gasteiger partial charge >= 0.3 is 11.9 Å². The van der Waals surface area contributed by atoms with Crippen LogP contribution in [-0.2, 0) is 19.1 Å². The van der Waals surface area contributed by atoms with E-state index in [0.29, 0.717) is 17.1 Å². The van der Waals surface area contributed by atoms with Crippen LogP contribution in [0.3, 0.4) is 0 Å². The van der Waals surface area contributed by atoms with Gasteiger partial charge < -0.3 is 18.9 Å². The number of ether oxygens (including phenoxy) is 4. The summed E-state index contributed by atoms with van der Waals surface area (Å²) in [5.74, 6) is -3.30. The summed E-state index contributed by atoms with van der Waals surface area (Å²) >= 11 is 0. The first-order valence-electron chi connectivity index (χ1n) is 8.96. The predicted octanol–water partition coefficient (Wildman–Crippen LogP) is 2.69. The van der Waals surface area contributed by atoms with Gasteiger partial charge in [-0.3, -0.25) is 14.4 Å². The molecule has 0 radical (unpaired) electrons. The van der Waals surface area contributed by atoms with E-state index in [-0.39, 0.29) is 19.0 Å². The summed E-state index contributed by atoms with van der Waals surface area (Å²) in [6.45, 7) is 1.87. The fraction of sp³-hybridized carbons (Fsp3) is 0.286. The van der Waals surface area contributed by atoms with E-state index in [1.54, 1.807) is 43.3 Å². The molecule has 2 aliphatic heterocycles. The van der Waals surface area contributed by atoms with Gasteiger partial charge in [0.2, 0.25) is 6.79 Å². The van der Waals surface area contributed by atoms with Crippen molar-refractivity contribution in [2.45, 2.75) is 13.0 Å². The molecule has 2 aromatic rings. The molecular formula is C21H18O7. The van der Waals surface area contributed by atoms with E-state index in [9.17, 15) is 14.4 Å². The Morgan fingerprint density at radius 1 is 1.07 bits per heavy atom. The highest BCUT2D eigenvalue weighted by Crippen LogP contribution is 2.42. The predicted molar refractivity (Wildman–Crippen MR) is 95.8 cm³/mol. The SMILES string of the molecule is CCOC(=O)[C@H]1[C@H](C(=O)c2ccc3c(c2)OCO3)C(=O)O[C@H]1c1ccccc1. The lowest BCUT2D eigenvalue weighted by Gasteiger charge is -2.19. The summed E-state index contributed by atoms with van der Waals surface area (Å²) in [4.78, 5) is 38.4. The molecule has 0 saturated carbocycles. The van der Waals surface area contributed by atoms with Crippen LogP contribution in [0.4, 0.5) is 0 Å². The smallest absolute Gasteiger partial charge is 0.318 e. The van der Waals surface area contributed by atoms with Crippen molar-refractivity contribution in [2.75, 3.05) is 13.4 Å². The minimum atomic E-state index is -1.29. The Morgan fingerprint density at radius 2 is 1.82 bits per heavy atom. The third-order valence-corrected chi connectivity index (χ3v) is 4.81. The zero-order valence-electron chi connectivity index (χ0n) is 15.1. The van der Waals surface area contributed by atoms with Gasteiger partial charge in [0.15, 0.2) is 17.3 Å². The van der Waals surface area contributed by atoms with Crippen molar-refractivity contribution in [2.24, 2.45) is 11.8 Å². The fourth-order valence-corrected chi connectivity index (χ4v) is 3.51. The average Bonchev–Trinajstić information content (AvgIpc) is 3.31. The molecule has 7 nitrogen and oxygen atoms in total. The van der Waals surface area contributed by atoms with Gasteiger partial charge in [0, 0.05) is 5.56 Å². The molecule has 0 spiro atoms. The first-order chi connectivity index (χ1) is 13.6. The first-order valence-corrected chi connectivity index (χ1v) is 8.96. The van der Waals surface area contributed by atoms with Gasteiger partial charge in [-0.1, -0.05) is 30.3 Å². The molecule has 4 rings (SSSR count). The molecule has 0 aromatic heterocycles. The number of hydrogen-bond acceptors (Lipinski definition) is 7. The normalized spacial score (nSPS) is 22.6. The molecule has 0 aliphatic carbocycles. The molecular weight excluding hydrogens is 364 g/mol. The summed E-state index contributed by atoms with van der Waals surface area (Å²) in [7, 11) is 0. The molecule has 0 N–H and O–H groups in total. The first kappa shape index (κ1) is 18.0. The second-order valence-corrected chi connectivity index (χ2v) is 6.46. The second-order valence-electron chi connectivity index (χ2n) is 6.46. The van der Waals surface area contributed by atoms with E-state index in [4.69, 9.17) is 18.9 Å². The van der Waals surface area contributed by atoms with Crippen LogP contribution in [0.2, 0.25) is 0 Å². The van der Waals surface area contributed by atoms with Crippen molar-refractivity contribution >= 4 is 17.7 Å². The average molecular weight is 382 g/mol. The lowest BCUT2D eigenvalue weighted by Crippen LogP contribution is -2.33. The zero-order chi connectivity index (χ0) is 19.7. The number of Topliss-reactive ketones (excluding diaryl/α,β-unsaturated/α-hetero) is 1. The Balaban J connectivity index is 1.70. The highest BCUT2D eigenvalue weighted by atomic mass is 16.7. The van der Waals surface area contributed by atoms with Crippen molar-refractivity contribution < 1.29 is 33.3 Å². The van der Waals surface area contributed by atoms with E-state index in [1.165, 1.54) is 6.07 Å². The Bertz CT molecular complexity index is 922. The molecule has 1 saturated heterocycles. The minimum Gasteiger partial charge on any atom is -0.466 e. The number of hydrogen-bond donors (Lipinski definition) is 0. The molecule has 2 aliphatic rings. The third kappa shape index (κ3) is 3.09. The van der Waals surface area contributed by atoms with Gasteiger partial charge in [-0.05, 0) is 30.7 Å². The minimum absolute atomic E-state index is 0.0694. The number of carbonyl (C=O) groups excluding carboxylic acids is 3. The molecule has 7 heteroatoms. The van der Waals surface area contributed by atoms with Crippen LogP contribution in [0.5, 0.6) is 11.5 Å². The number of ketones is 1. The standard InChI is InChI=1S/C21H18O7/c1-2-25-20(23)17-16(21(24)28-19(17)12-6-4-3-5-7-12)18(22)13-8-9-14-15(10-13)27-11-26-14/h3-10,16-17,19H,2,11H2,1H3/t16-,17+,19+/m1/s1. The summed E-state index contributed by atoms with van der Waals surface area (Å²) in [6, 6.07) is 13.5. The van der Waals surface area contributed by atoms with Crippen molar-refractivity contribution in [3.8, 4) is 11.5 Å². The maximum atomic E-state index is 13.1. The molecule has 144 valence electrons. The van der Waals surface area contributed by atoms with Gasteiger partial charge in [-0.2, -0.15) is 0 Å². The van der Waals surface area contributed by atoms with Crippen LogP contribution in [0.25, 0.3) is 0 Å². The molecule has 0 amide bonds. The molecule has 2 heterocycles.